The van der Waals surface area contributed by atoms with E-state index in [1.807, 2.05) is 6.07 Å². The van der Waals surface area contributed by atoms with Crippen LogP contribution in [0, 0.1) is 12.7 Å². The third-order valence-electron chi connectivity index (χ3n) is 2.43. The van der Waals surface area contributed by atoms with E-state index in [0.717, 1.165) is 17.9 Å². The third-order valence-corrected chi connectivity index (χ3v) is 2.43. The molecule has 14 heavy (non-hydrogen) atoms. The summed E-state index contributed by atoms with van der Waals surface area (Å²) in [6, 6.07) is 5.43. The molecule has 2 rings (SSSR count). The maximum absolute atomic E-state index is 13.2. The zero-order valence-electron chi connectivity index (χ0n) is 8.34. The average Bonchev–Trinajstić information content (AvgIpc) is 2.57. The Morgan fingerprint density at radius 3 is 2.93 bits per heavy atom. The predicted molar refractivity (Wildman–Crippen MR) is 55.1 cm³/mol. The molecule has 1 heterocycles. The van der Waals surface area contributed by atoms with Gasteiger partial charge in [-0.2, -0.15) is 0 Å². The predicted octanol–water partition coefficient (Wildman–Crippen LogP) is 1.87. The van der Waals surface area contributed by atoms with E-state index in [4.69, 9.17) is 0 Å². The van der Waals surface area contributed by atoms with Gasteiger partial charge in [-0.3, -0.25) is 4.99 Å². The van der Waals surface area contributed by atoms with Gasteiger partial charge in [0.1, 0.15) is 11.7 Å². The van der Waals surface area contributed by atoms with Gasteiger partial charge in [0.25, 0.3) is 0 Å². The van der Waals surface area contributed by atoms with E-state index in [2.05, 4.69) is 17.2 Å². The van der Waals surface area contributed by atoms with E-state index in [1.54, 1.807) is 13.0 Å². The number of amidine groups is 1. The summed E-state index contributed by atoms with van der Waals surface area (Å²) in [5.41, 5.74) is 1.53. The summed E-state index contributed by atoms with van der Waals surface area (Å²) in [5.74, 6) is 0.640. The van der Waals surface area contributed by atoms with Crippen LogP contribution in [0.15, 0.2) is 23.2 Å². The Morgan fingerprint density at radius 2 is 2.29 bits per heavy atom. The Morgan fingerprint density at radius 1 is 1.50 bits per heavy atom. The van der Waals surface area contributed by atoms with Gasteiger partial charge in [0.2, 0.25) is 0 Å². The van der Waals surface area contributed by atoms with Crippen molar-refractivity contribution >= 4 is 5.84 Å². The van der Waals surface area contributed by atoms with Crippen molar-refractivity contribution in [2.75, 3.05) is 6.54 Å². The summed E-state index contributed by atoms with van der Waals surface area (Å²) in [6.07, 6.45) is 0. The SMILES string of the molecule is Cc1c(F)cccc1C1=NCC(C)N1. The highest BCUT2D eigenvalue weighted by Crippen LogP contribution is 2.14. The average molecular weight is 192 g/mol. The maximum atomic E-state index is 13.2. The van der Waals surface area contributed by atoms with Crippen LogP contribution in [0.4, 0.5) is 4.39 Å². The molecule has 0 radical (unpaired) electrons. The van der Waals surface area contributed by atoms with Crippen LogP contribution >= 0.6 is 0 Å². The first-order chi connectivity index (χ1) is 6.68. The number of halogens is 1. The first kappa shape index (κ1) is 9.19. The van der Waals surface area contributed by atoms with Crippen molar-refractivity contribution in [3.05, 3.63) is 35.1 Å². The smallest absolute Gasteiger partial charge is 0.128 e. The number of rotatable bonds is 1. The molecule has 1 aliphatic rings. The van der Waals surface area contributed by atoms with Gasteiger partial charge in [0.05, 0.1) is 6.54 Å². The Balaban J connectivity index is 2.38. The zero-order valence-corrected chi connectivity index (χ0v) is 8.34. The number of aliphatic imine (C=N–C) groups is 1. The second-order valence-corrected chi connectivity index (χ2v) is 3.65. The molecular weight excluding hydrogens is 179 g/mol. The minimum atomic E-state index is -0.174. The topological polar surface area (TPSA) is 24.4 Å². The highest BCUT2D eigenvalue weighted by molar-refractivity contribution is 6.01. The normalized spacial score (nSPS) is 20.5. The molecule has 0 aromatic heterocycles. The van der Waals surface area contributed by atoms with Crippen LogP contribution in [0.1, 0.15) is 18.1 Å². The Hall–Kier alpha value is -1.38. The van der Waals surface area contributed by atoms with Crippen LogP contribution in [-0.4, -0.2) is 18.4 Å². The molecule has 74 valence electrons. The van der Waals surface area contributed by atoms with Crippen molar-refractivity contribution in [2.45, 2.75) is 19.9 Å². The fourth-order valence-electron chi connectivity index (χ4n) is 1.58. The molecular formula is C11H13FN2. The molecule has 1 atom stereocenters. The van der Waals surface area contributed by atoms with E-state index in [9.17, 15) is 4.39 Å². The Bertz CT molecular complexity index is 385. The van der Waals surface area contributed by atoms with Crippen molar-refractivity contribution in [1.29, 1.82) is 0 Å². The van der Waals surface area contributed by atoms with Crippen molar-refractivity contribution in [3.63, 3.8) is 0 Å². The quantitative estimate of drug-likeness (QED) is 0.721. The van der Waals surface area contributed by atoms with Crippen LogP contribution in [0.2, 0.25) is 0 Å². The minimum absolute atomic E-state index is 0.174. The van der Waals surface area contributed by atoms with Gasteiger partial charge in [0.15, 0.2) is 0 Å². The van der Waals surface area contributed by atoms with E-state index in [-0.39, 0.29) is 5.82 Å². The summed E-state index contributed by atoms with van der Waals surface area (Å²) in [4.78, 5) is 4.33. The first-order valence-electron chi connectivity index (χ1n) is 4.75. The number of hydrogen-bond donors (Lipinski definition) is 1. The van der Waals surface area contributed by atoms with Crippen LogP contribution in [0.25, 0.3) is 0 Å². The molecule has 1 unspecified atom stereocenters. The van der Waals surface area contributed by atoms with Crippen LogP contribution in [0.5, 0.6) is 0 Å². The largest absolute Gasteiger partial charge is 0.366 e. The second kappa shape index (κ2) is 3.40. The lowest BCUT2D eigenvalue weighted by Crippen LogP contribution is -2.28. The molecule has 1 N–H and O–H groups in total. The lowest BCUT2D eigenvalue weighted by atomic mass is 10.1. The van der Waals surface area contributed by atoms with Gasteiger partial charge in [-0.15, -0.1) is 0 Å². The Kier molecular flexibility index (Phi) is 2.23. The molecule has 0 aliphatic carbocycles. The van der Waals surface area contributed by atoms with Gasteiger partial charge >= 0.3 is 0 Å². The van der Waals surface area contributed by atoms with Crippen LogP contribution in [-0.2, 0) is 0 Å². The third kappa shape index (κ3) is 1.50. The van der Waals surface area contributed by atoms with E-state index < -0.39 is 0 Å². The maximum Gasteiger partial charge on any atom is 0.128 e. The molecule has 1 aromatic carbocycles. The summed E-state index contributed by atoms with van der Waals surface area (Å²) in [5, 5.41) is 3.22. The highest BCUT2D eigenvalue weighted by atomic mass is 19.1. The lowest BCUT2D eigenvalue weighted by molar-refractivity contribution is 0.618. The van der Waals surface area contributed by atoms with Gasteiger partial charge < -0.3 is 5.32 Å². The molecule has 0 saturated carbocycles. The first-order valence-corrected chi connectivity index (χ1v) is 4.75. The molecule has 1 aliphatic heterocycles. The monoisotopic (exact) mass is 192 g/mol. The van der Waals surface area contributed by atoms with Gasteiger partial charge in [-0.1, -0.05) is 12.1 Å². The molecule has 0 bridgehead atoms. The van der Waals surface area contributed by atoms with Gasteiger partial charge in [0, 0.05) is 11.6 Å². The summed E-state index contributed by atoms with van der Waals surface area (Å²) < 4.78 is 13.2. The second-order valence-electron chi connectivity index (χ2n) is 3.65. The summed E-state index contributed by atoms with van der Waals surface area (Å²) in [7, 11) is 0. The molecule has 1 aromatic rings. The van der Waals surface area contributed by atoms with Gasteiger partial charge in [-0.25, -0.2) is 4.39 Å². The molecule has 0 amide bonds. The fourth-order valence-corrected chi connectivity index (χ4v) is 1.58. The zero-order chi connectivity index (χ0) is 10.1. The standard InChI is InChI=1S/C11H13FN2/c1-7-6-13-11(14-7)9-4-3-5-10(12)8(9)2/h3-5,7H,6H2,1-2H3,(H,13,14). The molecule has 0 saturated heterocycles. The number of nitrogens with zero attached hydrogens (tertiary/aromatic N) is 1. The lowest BCUT2D eigenvalue weighted by Gasteiger charge is -2.08. The Labute approximate surface area is 82.9 Å². The van der Waals surface area contributed by atoms with Crippen molar-refractivity contribution in [3.8, 4) is 0 Å². The van der Waals surface area contributed by atoms with E-state index in [0.29, 0.717) is 11.6 Å². The summed E-state index contributed by atoms with van der Waals surface area (Å²) >= 11 is 0. The highest BCUT2D eigenvalue weighted by Gasteiger charge is 2.16. The minimum Gasteiger partial charge on any atom is -0.366 e. The van der Waals surface area contributed by atoms with Crippen molar-refractivity contribution < 1.29 is 4.39 Å². The molecule has 0 spiro atoms. The number of hydrogen-bond acceptors (Lipinski definition) is 2. The molecule has 2 nitrogen and oxygen atoms in total. The number of benzene rings is 1. The number of nitrogens with one attached hydrogen (secondary N) is 1. The molecule has 0 fully saturated rings. The molecule has 3 heteroatoms. The van der Waals surface area contributed by atoms with E-state index >= 15 is 0 Å². The van der Waals surface area contributed by atoms with Gasteiger partial charge in [-0.05, 0) is 25.5 Å². The van der Waals surface area contributed by atoms with Crippen molar-refractivity contribution in [2.24, 2.45) is 4.99 Å². The van der Waals surface area contributed by atoms with Crippen LogP contribution < -0.4 is 5.32 Å². The fraction of sp³-hybridized carbons (Fsp3) is 0.364. The van der Waals surface area contributed by atoms with Crippen molar-refractivity contribution in [1.82, 2.24) is 5.32 Å². The summed E-state index contributed by atoms with van der Waals surface area (Å²) in [6.45, 7) is 4.61. The van der Waals surface area contributed by atoms with E-state index in [1.165, 1.54) is 6.07 Å². The van der Waals surface area contributed by atoms with Crippen LogP contribution in [0.3, 0.4) is 0 Å².